The van der Waals surface area contributed by atoms with Gasteiger partial charge in [0.2, 0.25) is 0 Å². The van der Waals surface area contributed by atoms with Crippen molar-refractivity contribution < 1.29 is 4.73 Å². The van der Waals surface area contributed by atoms with Crippen LogP contribution in [-0.2, 0) is 0 Å². The monoisotopic (exact) mass is 121 g/mol. The number of nitrogens with zero attached hydrogens (tertiary/aromatic N) is 1. The van der Waals surface area contributed by atoms with Crippen molar-refractivity contribution in [1.82, 2.24) is 0 Å². The summed E-state index contributed by atoms with van der Waals surface area (Å²) in [4.78, 5) is 0. The summed E-state index contributed by atoms with van der Waals surface area (Å²) in [5.41, 5.74) is 0.840. The van der Waals surface area contributed by atoms with Gasteiger partial charge in [-0.2, -0.15) is 4.73 Å². The first-order valence-corrected chi connectivity index (χ1v) is 2.64. The summed E-state index contributed by atoms with van der Waals surface area (Å²) in [6.45, 7) is 3.52. The molecule has 1 rings (SSSR count). The third kappa shape index (κ3) is 1.29. The Morgan fingerprint density at radius 2 is 2.44 bits per heavy atom. The number of rotatable bonds is 1. The van der Waals surface area contributed by atoms with Crippen LogP contribution >= 0.6 is 0 Å². The zero-order chi connectivity index (χ0) is 6.69. The van der Waals surface area contributed by atoms with Crippen LogP contribution in [-0.4, -0.2) is 0 Å². The van der Waals surface area contributed by atoms with E-state index in [2.05, 4.69) is 6.58 Å². The Bertz CT molecular complexity index is 220. The lowest BCUT2D eigenvalue weighted by molar-refractivity contribution is -0.605. The molecular formula is C7H7NO. The Kier molecular flexibility index (Phi) is 1.49. The first-order valence-electron chi connectivity index (χ1n) is 2.64. The van der Waals surface area contributed by atoms with Gasteiger partial charge in [-0.3, -0.25) is 0 Å². The first-order chi connectivity index (χ1) is 4.33. The molecule has 0 saturated carbocycles. The zero-order valence-corrected chi connectivity index (χ0v) is 4.95. The second kappa shape index (κ2) is 2.31. The van der Waals surface area contributed by atoms with E-state index >= 15 is 0 Å². The summed E-state index contributed by atoms with van der Waals surface area (Å²) in [5.74, 6) is 0. The van der Waals surface area contributed by atoms with E-state index < -0.39 is 0 Å². The molecule has 46 valence electrons. The normalized spacial score (nSPS) is 8.89. The molecular weight excluding hydrogens is 114 g/mol. The predicted molar refractivity (Wildman–Crippen MR) is 35.5 cm³/mol. The van der Waals surface area contributed by atoms with Gasteiger partial charge in [0.05, 0.1) is 0 Å². The highest BCUT2D eigenvalue weighted by molar-refractivity contribution is 5.43. The molecule has 1 aromatic rings. The maximum atomic E-state index is 10.5. The summed E-state index contributed by atoms with van der Waals surface area (Å²) in [6, 6.07) is 3.51. The van der Waals surface area contributed by atoms with Gasteiger partial charge >= 0.3 is 0 Å². The Labute approximate surface area is 53.6 Å². The largest absolute Gasteiger partial charge is 0.619 e. The summed E-state index contributed by atoms with van der Waals surface area (Å²) >= 11 is 0. The molecule has 0 aliphatic rings. The molecule has 0 bridgehead atoms. The SMILES string of the molecule is C=Cc1ccc[n+]([O-])c1. The van der Waals surface area contributed by atoms with E-state index in [1.807, 2.05) is 6.07 Å². The van der Waals surface area contributed by atoms with Gasteiger partial charge in [-0.15, -0.1) is 0 Å². The molecule has 0 spiro atoms. The molecule has 0 aromatic carbocycles. The molecule has 0 N–H and O–H groups in total. The minimum atomic E-state index is 0.747. The fourth-order valence-electron chi connectivity index (χ4n) is 0.593. The van der Waals surface area contributed by atoms with Gasteiger partial charge in [0, 0.05) is 11.6 Å². The van der Waals surface area contributed by atoms with Gasteiger partial charge in [-0.1, -0.05) is 12.7 Å². The summed E-state index contributed by atoms with van der Waals surface area (Å²) in [5, 5.41) is 10.5. The molecule has 0 radical (unpaired) electrons. The third-order valence-electron chi connectivity index (χ3n) is 1.03. The summed E-state index contributed by atoms with van der Waals surface area (Å²) in [7, 11) is 0. The van der Waals surface area contributed by atoms with Crippen molar-refractivity contribution in [2.24, 2.45) is 0 Å². The molecule has 0 aliphatic heterocycles. The van der Waals surface area contributed by atoms with E-state index in [1.165, 1.54) is 12.4 Å². The molecule has 1 aromatic heterocycles. The van der Waals surface area contributed by atoms with E-state index in [4.69, 9.17) is 0 Å². The van der Waals surface area contributed by atoms with Crippen molar-refractivity contribution in [3.8, 4) is 0 Å². The minimum Gasteiger partial charge on any atom is -0.619 e. The Hall–Kier alpha value is -1.31. The second-order valence-electron chi connectivity index (χ2n) is 1.70. The predicted octanol–water partition coefficient (Wildman–Crippen LogP) is 0.963. The lowest BCUT2D eigenvalue weighted by atomic mass is 10.3. The van der Waals surface area contributed by atoms with Crippen molar-refractivity contribution >= 4 is 6.08 Å². The maximum absolute atomic E-state index is 10.5. The van der Waals surface area contributed by atoms with Crippen LogP contribution in [0.1, 0.15) is 5.56 Å². The van der Waals surface area contributed by atoms with Crippen LogP contribution in [0.4, 0.5) is 0 Å². The van der Waals surface area contributed by atoms with Gasteiger partial charge in [0.15, 0.2) is 12.4 Å². The summed E-state index contributed by atoms with van der Waals surface area (Å²) in [6.07, 6.45) is 4.54. The van der Waals surface area contributed by atoms with Crippen LogP contribution in [0.25, 0.3) is 6.08 Å². The molecule has 2 heteroatoms. The maximum Gasteiger partial charge on any atom is 0.187 e. The quantitative estimate of drug-likeness (QED) is 0.401. The van der Waals surface area contributed by atoms with Gasteiger partial charge in [0.1, 0.15) is 0 Å². The molecule has 0 unspecified atom stereocenters. The Morgan fingerprint density at radius 3 is 2.89 bits per heavy atom. The lowest BCUT2D eigenvalue weighted by Crippen LogP contribution is -2.23. The molecule has 0 saturated heterocycles. The van der Waals surface area contributed by atoms with E-state index in [-0.39, 0.29) is 0 Å². The fraction of sp³-hybridized carbons (Fsp3) is 0. The molecule has 0 atom stereocenters. The molecule has 0 aliphatic carbocycles. The fourth-order valence-corrected chi connectivity index (χ4v) is 0.593. The van der Waals surface area contributed by atoms with Crippen LogP contribution in [0.3, 0.4) is 0 Å². The topological polar surface area (TPSA) is 26.9 Å². The van der Waals surface area contributed by atoms with E-state index in [9.17, 15) is 5.21 Å². The first kappa shape index (κ1) is 5.82. The Morgan fingerprint density at radius 1 is 1.67 bits per heavy atom. The lowest BCUT2D eigenvalue weighted by Gasteiger charge is -1.93. The van der Waals surface area contributed by atoms with Crippen LogP contribution in [0.5, 0.6) is 0 Å². The standard InChI is InChI=1S/C7H7NO/c1-2-7-4-3-5-8(9)6-7/h2-6H,1H2. The minimum absolute atomic E-state index is 0.747. The second-order valence-corrected chi connectivity index (χ2v) is 1.70. The van der Waals surface area contributed by atoms with Crippen LogP contribution < -0.4 is 4.73 Å². The number of pyridine rings is 1. The van der Waals surface area contributed by atoms with Crippen molar-refractivity contribution in [2.75, 3.05) is 0 Å². The van der Waals surface area contributed by atoms with Crippen molar-refractivity contribution in [1.29, 1.82) is 0 Å². The van der Waals surface area contributed by atoms with Crippen molar-refractivity contribution in [3.05, 3.63) is 41.9 Å². The van der Waals surface area contributed by atoms with Crippen molar-refractivity contribution in [3.63, 3.8) is 0 Å². The van der Waals surface area contributed by atoms with Gasteiger partial charge in [-0.05, 0) is 6.07 Å². The third-order valence-corrected chi connectivity index (χ3v) is 1.03. The number of aromatic nitrogens is 1. The van der Waals surface area contributed by atoms with Crippen LogP contribution in [0.2, 0.25) is 0 Å². The number of hydrogen-bond donors (Lipinski definition) is 0. The molecule has 1 heterocycles. The van der Waals surface area contributed by atoms with Crippen molar-refractivity contribution in [2.45, 2.75) is 0 Å². The average molecular weight is 121 g/mol. The van der Waals surface area contributed by atoms with E-state index in [1.54, 1.807) is 12.1 Å². The number of hydrogen-bond acceptors (Lipinski definition) is 1. The summed E-state index contributed by atoms with van der Waals surface area (Å²) < 4.78 is 0.747. The average Bonchev–Trinajstić information content (AvgIpc) is 1.88. The van der Waals surface area contributed by atoms with Gasteiger partial charge < -0.3 is 5.21 Å². The molecule has 0 fully saturated rings. The van der Waals surface area contributed by atoms with Gasteiger partial charge in [0.25, 0.3) is 0 Å². The van der Waals surface area contributed by atoms with Gasteiger partial charge in [-0.25, -0.2) is 0 Å². The highest BCUT2D eigenvalue weighted by Crippen LogP contribution is 1.93. The van der Waals surface area contributed by atoms with Crippen LogP contribution in [0.15, 0.2) is 31.1 Å². The highest BCUT2D eigenvalue weighted by atomic mass is 16.5. The highest BCUT2D eigenvalue weighted by Gasteiger charge is 1.87. The molecule has 9 heavy (non-hydrogen) atoms. The Balaban J connectivity index is 3.07. The van der Waals surface area contributed by atoms with Crippen LogP contribution in [0, 0.1) is 5.21 Å². The van der Waals surface area contributed by atoms with E-state index in [0.29, 0.717) is 0 Å². The van der Waals surface area contributed by atoms with E-state index in [0.717, 1.165) is 10.3 Å². The zero-order valence-electron chi connectivity index (χ0n) is 4.95. The smallest absolute Gasteiger partial charge is 0.187 e. The molecule has 2 nitrogen and oxygen atoms in total. The molecule has 0 amide bonds.